The molecular formula is C22H18F3N7S. The van der Waals surface area contributed by atoms with Crippen LogP contribution in [-0.2, 0) is 6.18 Å². The van der Waals surface area contributed by atoms with Gasteiger partial charge >= 0.3 is 6.18 Å². The summed E-state index contributed by atoms with van der Waals surface area (Å²) in [5.41, 5.74) is 1.44. The summed E-state index contributed by atoms with van der Waals surface area (Å²) in [6, 6.07) is 6.34. The number of alkyl halides is 3. The lowest BCUT2D eigenvalue weighted by Gasteiger charge is -2.22. The maximum atomic E-state index is 13.5. The molecular weight excluding hydrogens is 451 g/mol. The van der Waals surface area contributed by atoms with Gasteiger partial charge in [0.15, 0.2) is 0 Å². The van der Waals surface area contributed by atoms with Crippen molar-refractivity contribution in [2.75, 3.05) is 13.1 Å². The van der Waals surface area contributed by atoms with Gasteiger partial charge in [0.2, 0.25) is 0 Å². The normalized spacial score (nSPS) is 16.7. The summed E-state index contributed by atoms with van der Waals surface area (Å²) in [7, 11) is 0. The van der Waals surface area contributed by atoms with Crippen molar-refractivity contribution in [3.63, 3.8) is 0 Å². The van der Waals surface area contributed by atoms with Crippen LogP contribution in [0.15, 0.2) is 59.1 Å². The highest BCUT2D eigenvalue weighted by Gasteiger charge is 2.34. The van der Waals surface area contributed by atoms with E-state index in [4.69, 9.17) is 0 Å². The number of fused-ring (bicyclic) bond motifs is 1. The Labute approximate surface area is 191 Å². The minimum Gasteiger partial charge on any atom is -0.315 e. The van der Waals surface area contributed by atoms with E-state index in [0.717, 1.165) is 54.9 Å². The van der Waals surface area contributed by atoms with Crippen molar-refractivity contribution in [1.82, 2.24) is 29.7 Å². The van der Waals surface area contributed by atoms with Crippen LogP contribution in [0.2, 0.25) is 0 Å². The molecule has 0 spiro atoms. The highest BCUT2D eigenvalue weighted by molar-refractivity contribution is 7.99. The van der Waals surface area contributed by atoms with Gasteiger partial charge in [-0.3, -0.25) is 4.68 Å². The molecule has 33 heavy (non-hydrogen) atoms. The number of pyridine rings is 2. The summed E-state index contributed by atoms with van der Waals surface area (Å²) in [6.07, 6.45) is 5.71. The van der Waals surface area contributed by atoms with Crippen LogP contribution in [0.5, 0.6) is 0 Å². The van der Waals surface area contributed by atoms with Crippen molar-refractivity contribution in [2.24, 2.45) is 0 Å². The maximum absolute atomic E-state index is 13.5. The van der Waals surface area contributed by atoms with E-state index in [9.17, 15) is 18.4 Å². The second-order valence-electron chi connectivity index (χ2n) is 7.72. The fraction of sp³-hybridized carbons (Fsp3) is 0.273. The standard InChI is InChI=1S/C22H18F3N7S/c23-22(24,25)18-4-2-6-28-21(18)33-19-7-14(12-32-20(19)15(8-26)9-30-32)16-10-29-31(13-16)17-3-1-5-27-11-17/h2,4,6-7,9-10,12-13,17,27H,1,3,5,11H2/t17-/m1/s1. The van der Waals surface area contributed by atoms with Gasteiger partial charge in [0.25, 0.3) is 0 Å². The van der Waals surface area contributed by atoms with Gasteiger partial charge in [0.05, 0.1) is 35.1 Å². The zero-order chi connectivity index (χ0) is 23.0. The number of hydrogen-bond donors (Lipinski definition) is 1. The number of halogens is 3. The molecule has 0 aliphatic carbocycles. The van der Waals surface area contributed by atoms with Crippen LogP contribution in [-0.4, -0.2) is 37.5 Å². The lowest BCUT2D eigenvalue weighted by Crippen LogP contribution is -2.31. The molecule has 5 heterocycles. The molecule has 168 valence electrons. The second-order valence-corrected chi connectivity index (χ2v) is 8.75. The Kier molecular flexibility index (Phi) is 5.55. The molecule has 4 aromatic rings. The van der Waals surface area contributed by atoms with Crippen LogP contribution in [0.25, 0.3) is 16.6 Å². The van der Waals surface area contributed by atoms with Crippen molar-refractivity contribution in [3.05, 3.63) is 60.3 Å². The summed E-state index contributed by atoms with van der Waals surface area (Å²) >= 11 is 0.868. The largest absolute Gasteiger partial charge is 0.419 e. The van der Waals surface area contributed by atoms with E-state index < -0.39 is 11.7 Å². The van der Waals surface area contributed by atoms with Crippen molar-refractivity contribution < 1.29 is 13.2 Å². The van der Waals surface area contributed by atoms with Gasteiger partial charge in [-0.25, -0.2) is 9.50 Å². The third-order valence-corrected chi connectivity index (χ3v) is 6.61. The molecule has 1 atom stereocenters. The molecule has 0 aromatic carbocycles. The molecule has 1 aliphatic rings. The fourth-order valence-corrected chi connectivity index (χ4v) is 5.04. The average molecular weight is 469 g/mol. The van der Waals surface area contributed by atoms with Crippen LogP contribution in [0.3, 0.4) is 0 Å². The summed E-state index contributed by atoms with van der Waals surface area (Å²) in [6.45, 7) is 1.83. The minimum atomic E-state index is -4.54. The summed E-state index contributed by atoms with van der Waals surface area (Å²) in [4.78, 5) is 4.42. The van der Waals surface area contributed by atoms with Gasteiger partial charge < -0.3 is 5.32 Å². The third-order valence-electron chi connectivity index (χ3n) is 5.56. The zero-order valence-corrected chi connectivity index (χ0v) is 18.1. The first kappa shape index (κ1) is 21.5. The van der Waals surface area contributed by atoms with Gasteiger partial charge in [-0.1, -0.05) is 11.8 Å². The van der Waals surface area contributed by atoms with E-state index in [2.05, 4.69) is 26.6 Å². The number of rotatable bonds is 4. The Morgan fingerprint density at radius 2 is 2.06 bits per heavy atom. The first-order chi connectivity index (χ1) is 15.9. The Morgan fingerprint density at radius 3 is 2.82 bits per heavy atom. The van der Waals surface area contributed by atoms with Gasteiger partial charge in [-0.2, -0.15) is 28.6 Å². The van der Waals surface area contributed by atoms with Crippen molar-refractivity contribution in [3.8, 4) is 17.2 Å². The van der Waals surface area contributed by atoms with Crippen LogP contribution in [0, 0.1) is 11.3 Å². The van der Waals surface area contributed by atoms with Crippen molar-refractivity contribution >= 4 is 17.3 Å². The van der Waals surface area contributed by atoms with Gasteiger partial charge in [-0.05, 0) is 37.6 Å². The smallest absolute Gasteiger partial charge is 0.315 e. The Bertz CT molecular complexity index is 1350. The van der Waals surface area contributed by atoms with Crippen LogP contribution >= 0.6 is 11.8 Å². The molecule has 1 N–H and O–H groups in total. The first-order valence-electron chi connectivity index (χ1n) is 10.3. The van der Waals surface area contributed by atoms with E-state index in [1.165, 1.54) is 23.0 Å². The Balaban J connectivity index is 1.59. The molecule has 1 saturated heterocycles. The lowest BCUT2D eigenvalue weighted by molar-refractivity contribution is -0.140. The Hall–Kier alpha value is -3.36. The van der Waals surface area contributed by atoms with E-state index in [1.807, 2.05) is 10.9 Å². The fourth-order valence-electron chi connectivity index (χ4n) is 3.94. The number of hydrogen-bond acceptors (Lipinski definition) is 6. The summed E-state index contributed by atoms with van der Waals surface area (Å²) < 4.78 is 44.0. The molecule has 0 amide bonds. The number of nitrogens with one attached hydrogen (secondary N) is 1. The van der Waals surface area contributed by atoms with E-state index in [-0.39, 0.29) is 16.6 Å². The van der Waals surface area contributed by atoms with Crippen LogP contribution in [0.4, 0.5) is 13.2 Å². The van der Waals surface area contributed by atoms with Crippen molar-refractivity contribution in [2.45, 2.75) is 35.0 Å². The van der Waals surface area contributed by atoms with Crippen LogP contribution in [0.1, 0.15) is 30.0 Å². The summed E-state index contributed by atoms with van der Waals surface area (Å²) in [5, 5.41) is 21.4. The predicted octanol–water partition coefficient (Wildman–Crippen LogP) is 4.56. The number of piperidine rings is 1. The molecule has 4 aromatic heterocycles. The van der Waals surface area contributed by atoms with Crippen LogP contribution < -0.4 is 5.32 Å². The predicted molar refractivity (Wildman–Crippen MR) is 116 cm³/mol. The van der Waals surface area contributed by atoms with Gasteiger partial charge in [0.1, 0.15) is 11.1 Å². The van der Waals surface area contributed by atoms with E-state index in [0.29, 0.717) is 10.4 Å². The second kappa shape index (κ2) is 8.53. The molecule has 11 heteroatoms. The molecule has 0 bridgehead atoms. The highest BCUT2D eigenvalue weighted by atomic mass is 32.2. The molecule has 0 saturated carbocycles. The first-order valence-corrected chi connectivity index (χ1v) is 11.1. The third kappa shape index (κ3) is 4.19. The van der Waals surface area contributed by atoms with Gasteiger partial charge in [-0.15, -0.1) is 0 Å². The molecule has 7 nitrogen and oxygen atoms in total. The minimum absolute atomic E-state index is 0.182. The quantitative estimate of drug-likeness (QED) is 0.472. The number of aromatic nitrogens is 5. The monoisotopic (exact) mass is 469 g/mol. The maximum Gasteiger partial charge on any atom is 0.419 e. The molecule has 0 unspecified atom stereocenters. The Morgan fingerprint density at radius 1 is 1.18 bits per heavy atom. The topological polar surface area (TPSA) is 83.8 Å². The number of nitrogens with zero attached hydrogens (tertiary/aromatic N) is 6. The van der Waals surface area contributed by atoms with E-state index in [1.54, 1.807) is 18.5 Å². The molecule has 1 aliphatic heterocycles. The zero-order valence-electron chi connectivity index (χ0n) is 17.3. The SMILES string of the molecule is N#Cc1cnn2cc(-c3cnn([C@@H]4CCCNC4)c3)cc(Sc3ncccc3C(F)(F)F)c12. The summed E-state index contributed by atoms with van der Waals surface area (Å²) in [5.74, 6) is 0. The number of nitriles is 1. The van der Waals surface area contributed by atoms with Gasteiger partial charge in [0, 0.05) is 41.2 Å². The lowest BCUT2D eigenvalue weighted by atomic mass is 10.1. The molecule has 5 rings (SSSR count). The van der Waals surface area contributed by atoms with Crippen molar-refractivity contribution in [1.29, 1.82) is 5.26 Å². The molecule has 0 radical (unpaired) electrons. The van der Waals surface area contributed by atoms with E-state index >= 15 is 0 Å². The average Bonchev–Trinajstić information content (AvgIpc) is 3.47. The molecule has 1 fully saturated rings. The highest BCUT2D eigenvalue weighted by Crippen LogP contribution is 2.41.